The average Bonchev–Trinajstić information content (AvgIpc) is 3.88. The number of nitrogens with one attached hydrogen (secondary N) is 2. The van der Waals surface area contributed by atoms with E-state index in [9.17, 15) is 27.6 Å². The number of sulfonamides is 1. The molecule has 0 spiro atoms. The number of anilines is 3. The Balaban J connectivity index is 0.786. The molecule has 1 saturated carbocycles. The highest BCUT2D eigenvalue weighted by Gasteiger charge is 2.34. The lowest BCUT2D eigenvalue weighted by Gasteiger charge is -2.36. The maximum Gasteiger partial charge on any atom is 0.329 e. The molecule has 1 aliphatic carbocycles. The molecule has 0 radical (unpaired) electrons. The third-order valence-electron chi connectivity index (χ3n) is 13.0. The van der Waals surface area contributed by atoms with Crippen molar-refractivity contribution in [3.8, 4) is 0 Å². The molecule has 2 amide bonds. The van der Waals surface area contributed by atoms with Gasteiger partial charge in [0.1, 0.15) is 16.7 Å². The zero-order valence-corrected chi connectivity index (χ0v) is 35.9. The fourth-order valence-electron chi connectivity index (χ4n) is 9.61. The van der Waals surface area contributed by atoms with E-state index in [-0.39, 0.29) is 52.1 Å². The molecule has 16 nitrogen and oxygen atoms in total. The number of aromatic nitrogens is 5. The van der Waals surface area contributed by atoms with E-state index in [4.69, 9.17) is 21.3 Å². The standard InChI is InChI=1S/C43H50ClN9O7S/c1-26-22-31(10-11-33(26)46-42-45-24-28-23-32(44)41(56)52(39(28)48-42)29-6-3-4-7-29)61(58,59)51-20-16-30(17-21-51)60-25-27-14-18-50(19-15-27)34-8-5-9-35-38(34)49(2)43(57)53(35)36-12-13-37(54)47-40(36)55/h5,8-11,22-24,27,29-30,36H,3-4,6-7,12-21,25H2,1-2H3,(H,45,46,48)(H,47,54,55). The Morgan fingerprint density at radius 1 is 0.918 bits per heavy atom. The van der Waals surface area contributed by atoms with Crippen LogP contribution in [0.15, 0.2) is 63.1 Å². The van der Waals surface area contributed by atoms with Gasteiger partial charge in [0.15, 0.2) is 0 Å². The van der Waals surface area contributed by atoms with Crippen molar-refractivity contribution in [2.45, 2.75) is 94.2 Å². The lowest BCUT2D eigenvalue weighted by Crippen LogP contribution is -2.44. The molecule has 6 heterocycles. The van der Waals surface area contributed by atoms with Gasteiger partial charge in [0, 0.05) is 69.6 Å². The summed E-state index contributed by atoms with van der Waals surface area (Å²) in [4.78, 5) is 62.6. The van der Waals surface area contributed by atoms with Crippen molar-refractivity contribution in [1.82, 2.24) is 33.3 Å². The van der Waals surface area contributed by atoms with Crippen molar-refractivity contribution in [1.29, 1.82) is 0 Å². The number of nitrogens with zero attached hydrogens (tertiary/aromatic N) is 7. The summed E-state index contributed by atoms with van der Waals surface area (Å²) in [6.07, 6.45) is 8.98. The smallest absolute Gasteiger partial charge is 0.329 e. The lowest BCUT2D eigenvalue weighted by molar-refractivity contribution is -0.135. The summed E-state index contributed by atoms with van der Waals surface area (Å²) in [5, 5.41) is 6.42. The van der Waals surface area contributed by atoms with E-state index in [2.05, 4.69) is 20.5 Å². The molecule has 18 heteroatoms. The van der Waals surface area contributed by atoms with Crippen molar-refractivity contribution in [2.75, 3.05) is 43.0 Å². The van der Waals surface area contributed by atoms with Crippen LogP contribution in [0.5, 0.6) is 0 Å². The molecular weight excluding hydrogens is 822 g/mol. The number of aryl methyl sites for hydroxylation is 2. The Morgan fingerprint density at radius 2 is 1.67 bits per heavy atom. The van der Waals surface area contributed by atoms with Gasteiger partial charge in [-0.15, -0.1) is 0 Å². The van der Waals surface area contributed by atoms with Crippen LogP contribution >= 0.6 is 11.6 Å². The van der Waals surface area contributed by atoms with Crippen molar-refractivity contribution >= 4 is 72.8 Å². The van der Waals surface area contributed by atoms with E-state index >= 15 is 0 Å². The minimum atomic E-state index is -3.74. The van der Waals surface area contributed by atoms with Gasteiger partial charge in [-0.05, 0) is 99.7 Å². The van der Waals surface area contributed by atoms with Crippen LogP contribution in [-0.2, 0) is 31.4 Å². The maximum absolute atomic E-state index is 13.8. The van der Waals surface area contributed by atoms with Crippen LogP contribution in [0, 0.1) is 12.8 Å². The largest absolute Gasteiger partial charge is 0.378 e. The van der Waals surface area contributed by atoms with Crippen LogP contribution in [0.1, 0.15) is 81.9 Å². The van der Waals surface area contributed by atoms with Crippen LogP contribution in [-0.4, -0.2) is 87.1 Å². The first-order valence-electron chi connectivity index (χ1n) is 21.2. The van der Waals surface area contributed by atoms with Crippen molar-refractivity contribution < 1.29 is 22.7 Å². The molecule has 3 saturated heterocycles. The molecule has 5 aromatic rings. The molecule has 2 aromatic carbocycles. The third kappa shape index (κ3) is 7.85. The van der Waals surface area contributed by atoms with Crippen molar-refractivity contribution in [3.05, 3.63) is 80.1 Å². The Bertz CT molecular complexity index is 2760. The average molecular weight is 872 g/mol. The highest BCUT2D eigenvalue weighted by atomic mass is 35.5. The molecule has 3 aliphatic heterocycles. The second-order valence-electron chi connectivity index (χ2n) is 16.9. The summed E-state index contributed by atoms with van der Waals surface area (Å²) in [6.45, 7) is 4.73. The number of rotatable bonds is 10. The summed E-state index contributed by atoms with van der Waals surface area (Å²) in [5.74, 6) is -0.120. The molecule has 2 N–H and O–H groups in total. The zero-order valence-electron chi connectivity index (χ0n) is 34.3. The fraction of sp³-hybridized carbons (Fsp3) is 0.488. The Morgan fingerprint density at radius 3 is 2.39 bits per heavy atom. The van der Waals surface area contributed by atoms with Crippen LogP contribution in [0.4, 0.5) is 17.3 Å². The Labute approximate surface area is 357 Å². The van der Waals surface area contributed by atoms with Crippen LogP contribution < -0.4 is 26.8 Å². The number of ether oxygens (including phenoxy) is 1. The van der Waals surface area contributed by atoms with Gasteiger partial charge in [-0.3, -0.25) is 33.4 Å². The number of imidazole rings is 1. The summed E-state index contributed by atoms with van der Waals surface area (Å²) < 4.78 is 40.4. The molecule has 9 rings (SSSR count). The number of carbonyl (C=O) groups is 2. The number of carbonyl (C=O) groups excluding carboxylic acids is 2. The predicted molar refractivity (Wildman–Crippen MR) is 232 cm³/mol. The van der Waals surface area contributed by atoms with Gasteiger partial charge in [-0.25, -0.2) is 18.2 Å². The summed E-state index contributed by atoms with van der Waals surface area (Å²) in [7, 11) is -2.02. The minimum Gasteiger partial charge on any atom is -0.378 e. The fourth-order valence-corrected chi connectivity index (χ4v) is 11.4. The number of amides is 2. The number of halogens is 1. The van der Waals surface area contributed by atoms with Crippen LogP contribution in [0.25, 0.3) is 22.1 Å². The molecule has 0 bridgehead atoms. The van der Waals surface area contributed by atoms with E-state index in [1.807, 2.05) is 25.1 Å². The first kappa shape index (κ1) is 41.3. The predicted octanol–water partition coefficient (Wildman–Crippen LogP) is 5.33. The molecular formula is C43H50ClN9O7S. The Kier molecular flexibility index (Phi) is 11.3. The molecule has 4 aliphatic rings. The van der Waals surface area contributed by atoms with Gasteiger partial charge in [-0.2, -0.15) is 9.29 Å². The van der Waals surface area contributed by atoms with Gasteiger partial charge < -0.3 is 15.0 Å². The molecule has 3 aromatic heterocycles. The van der Waals surface area contributed by atoms with Crippen molar-refractivity contribution in [2.24, 2.45) is 13.0 Å². The van der Waals surface area contributed by atoms with Gasteiger partial charge in [0.25, 0.3) is 5.56 Å². The minimum absolute atomic E-state index is 0.0314. The topological polar surface area (TPSA) is 183 Å². The number of para-hydroxylation sites is 1. The highest BCUT2D eigenvalue weighted by Crippen LogP contribution is 2.34. The van der Waals surface area contributed by atoms with E-state index in [1.54, 1.807) is 46.6 Å². The molecule has 1 unspecified atom stereocenters. The summed E-state index contributed by atoms with van der Waals surface area (Å²) >= 11 is 6.30. The third-order valence-corrected chi connectivity index (χ3v) is 15.2. The number of fused-ring (bicyclic) bond motifs is 2. The lowest BCUT2D eigenvalue weighted by atomic mass is 9.97. The van der Waals surface area contributed by atoms with Crippen LogP contribution in [0.2, 0.25) is 5.02 Å². The van der Waals surface area contributed by atoms with Gasteiger partial charge in [-0.1, -0.05) is 30.5 Å². The number of imide groups is 1. The van der Waals surface area contributed by atoms with E-state index in [0.717, 1.165) is 62.8 Å². The summed E-state index contributed by atoms with van der Waals surface area (Å²) in [6, 6.07) is 11.7. The van der Waals surface area contributed by atoms with E-state index < -0.39 is 22.0 Å². The molecule has 61 heavy (non-hydrogen) atoms. The summed E-state index contributed by atoms with van der Waals surface area (Å²) in [5.41, 5.74) is 3.74. The number of benzene rings is 2. The Hall–Kier alpha value is -5.10. The van der Waals surface area contributed by atoms with Gasteiger partial charge in [0.05, 0.1) is 27.7 Å². The number of hydrogen-bond donors (Lipinski definition) is 2. The number of hydrogen-bond acceptors (Lipinski definition) is 11. The second-order valence-corrected chi connectivity index (χ2v) is 19.2. The maximum atomic E-state index is 13.8. The highest BCUT2D eigenvalue weighted by molar-refractivity contribution is 7.89. The quantitative estimate of drug-likeness (QED) is 0.173. The first-order chi connectivity index (χ1) is 29.4. The van der Waals surface area contributed by atoms with Crippen molar-refractivity contribution in [3.63, 3.8) is 0 Å². The van der Waals surface area contributed by atoms with E-state index in [1.165, 1.54) is 8.87 Å². The number of piperidine rings is 3. The van der Waals surface area contributed by atoms with Gasteiger partial charge in [0.2, 0.25) is 27.8 Å². The normalized spacial score (nSPS) is 20.2. The monoisotopic (exact) mass is 871 g/mol. The second kappa shape index (κ2) is 16.6. The first-order valence-corrected chi connectivity index (χ1v) is 23.0. The zero-order chi connectivity index (χ0) is 42.6. The molecule has 4 fully saturated rings. The molecule has 1 atom stereocenters. The molecule has 322 valence electrons. The number of pyridine rings is 1. The van der Waals surface area contributed by atoms with E-state index in [0.29, 0.717) is 72.2 Å². The van der Waals surface area contributed by atoms with Crippen LogP contribution in [0.3, 0.4) is 0 Å². The van der Waals surface area contributed by atoms with Gasteiger partial charge >= 0.3 is 5.69 Å². The SMILES string of the molecule is Cc1cc(S(=O)(=O)N2CCC(OCC3CCN(c4cccc5c4n(C)c(=O)n5C4CCC(=O)NC4=O)CC3)CC2)ccc1Nc1ncc2cc(Cl)c(=O)n(C3CCCC3)c2n1.